The lowest BCUT2D eigenvalue weighted by Gasteiger charge is -2.32. The normalized spacial score (nSPS) is 21.8. The number of fused-ring (bicyclic) bond motifs is 1. The van der Waals surface area contributed by atoms with Gasteiger partial charge in [-0.15, -0.1) is 11.3 Å². The van der Waals surface area contributed by atoms with Crippen molar-refractivity contribution >= 4 is 33.3 Å². The average Bonchev–Trinajstić information content (AvgIpc) is 2.80. The van der Waals surface area contributed by atoms with Gasteiger partial charge in [0.25, 0.3) is 0 Å². The summed E-state index contributed by atoms with van der Waals surface area (Å²) >= 11 is 1.72. The number of rotatable bonds is 5. The predicted molar refractivity (Wildman–Crippen MR) is 83.6 cm³/mol. The zero-order valence-electron chi connectivity index (χ0n) is 11.8. The predicted octanol–water partition coefficient (Wildman–Crippen LogP) is 2.62. The van der Waals surface area contributed by atoms with Crippen molar-refractivity contribution in [3.05, 3.63) is 10.9 Å². The van der Waals surface area contributed by atoms with Crippen LogP contribution in [0.1, 0.15) is 31.6 Å². The summed E-state index contributed by atoms with van der Waals surface area (Å²) in [6, 6.07) is 2.50. The second-order valence-corrected chi connectivity index (χ2v) is 6.29. The maximum absolute atomic E-state index is 9.41. The summed E-state index contributed by atoms with van der Waals surface area (Å²) in [6.45, 7) is 4.99. The van der Waals surface area contributed by atoms with Crippen molar-refractivity contribution in [3.63, 3.8) is 0 Å². The number of aliphatic hydroxyl groups is 1. The van der Waals surface area contributed by atoms with E-state index in [-0.39, 0.29) is 6.10 Å². The molecule has 6 heteroatoms. The Morgan fingerprint density at radius 1 is 1.35 bits per heavy atom. The summed E-state index contributed by atoms with van der Waals surface area (Å²) in [5, 5.41) is 17.1. The van der Waals surface area contributed by atoms with E-state index in [2.05, 4.69) is 33.6 Å². The molecule has 2 heterocycles. The van der Waals surface area contributed by atoms with E-state index in [4.69, 9.17) is 0 Å². The number of hydrogen-bond donors (Lipinski definition) is 3. The van der Waals surface area contributed by atoms with Crippen molar-refractivity contribution in [2.75, 3.05) is 17.2 Å². The molecule has 0 aromatic carbocycles. The number of aryl methyl sites for hydroxylation is 1. The van der Waals surface area contributed by atoms with E-state index in [1.54, 1.807) is 11.3 Å². The number of aliphatic hydroxyl groups excluding tert-OH is 1. The highest BCUT2D eigenvalue weighted by Crippen LogP contribution is 2.32. The van der Waals surface area contributed by atoms with Gasteiger partial charge >= 0.3 is 0 Å². The number of aromatic nitrogens is 2. The largest absolute Gasteiger partial charge is 0.393 e. The van der Waals surface area contributed by atoms with E-state index in [9.17, 15) is 5.11 Å². The van der Waals surface area contributed by atoms with Crippen LogP contribution in [0.15, 0.2) is 6.07 Å². The van der Waals surface area contributed by atoms with Crippen molar-refractivity contribution in [2.24, 2.45) is 0 Å². The molecule has 2 aromatic heterocycles. The standard InChI is InChI=1S/C14H20N4OS/c1-3-10-7-11-12(16-8-5-9(19)6-8)17-14(15-4-2)18-13(11)20-10/h7-9,19H,3-6H2,1-2H3,(H2,15,16,17,18). The van der Waals surface area contributed by atoms with Gasteiger partial charge in [-0.05, 0) is 32.3 Å². The Morgan fingerprint density at radius 2 is 2.15 bits per heavy atom. The van der Waals surface area contributed by atoms with Crippen LogP contribution >= 0.6 is 11.3 Å². The van der Waals surface area contributed by atoms with Crippen molar-refractivity contribution in [1.29, 1.82) is 0 Å². The van der Waals surface area contributed by atoms with Crippen LogP contribution in [-0.2, 0) is 6.42 Å². The Balaban J connectivity index is 1.95. The first-order valence-corrected chi connectivity index (χ1v) is 8.00. The van der Waals surface area contributed by atoms with Gasteiger partial charge in [-0.25, -0.2) is 4.98 Å². The Morgan fingerprint density at radius 3 is 2.80 bits per heavy atom. The average molecular weight is 292 g/mol. The number of anilines is 2. The third-order valence-corrected chi connectivity index (χ3v) is 4.75. The molecule has 20 heavy (non-hydrogen) atoms. The van der Waals surface area contributed by atoms with Gasteiger partial charge in [0.2, 0.25) is 5.95 Å². The molecule has 0 amide bonds. The Hall–Kier alpha value is -1.40. The minimum absolute atomic E-state index is 0.160. The smallest absolute Gasteiger partial charge is 0.226 e. The second-order valence-electron chi connectivity index (χ2n) is 5.18. The van der Waals surface area contributed by atoms with E-state index in [1.165, 1.54) is 4.88 Å². The molecule has 3 N–H and O–H groups in total. The van der Waals surface area contributed by atoms with Gasteiger partial charge in [0.1, 0.15) is 10.6 Å². The minimum Gasteiger partial charge on any atom is -0.393 e. The molecule has 0 saturated heterocycles. The number of hydrogen-bond acceptors (Lipinski definition) is 6. The maximum Gasteiger partial charge on any atom is 0.226 e. The molecule has 0 unspecified atom stereocenters. The third kappa shape index (κ3) is 2.58. The third-order valence-electron chi connectivity index (χ3n) is 3.58. The molecule has 1 fully saturated rings. The van der Waals surface area contributed by atoms with Gasteiger partial charge in [-0.1, -0.05) is 6.92 Å². The van der Waals surface area contributed by atoms with E-state index < -0.39 is 0 Å². The molecular formula is C14H20N4OS. The van der Waals surface area contributed by atoms with Crippen LogP contribution in [0, 0.1) is 0 Å². The van der Waals surface area contributed by atoms with E-state index in [1.807, 2.05) is 6.92 Å². The monoisotopic (exact) mass is 292 g/mol. The van der Waals surface area contributed by atoms with E-state index in [0.29, 0.717) is 12.0 Å². The zero-order valence-corrected chi connectivity index (χ0v) is 12.6. The fourth-order valence-corrected chi connectivity index (χ4v) is 3.36. The number of nitrogens with one attached hydrogen (secondary N) is 2. The number of thiophene rings is 1. The van der Waals surface area contributed by atoms with Crippen LogP contribution in [0.4, 0.5) is 11.8 Å². The molecule has 0 spiro atoms. The number of nitrogens with zero attached hydrogens (tertiary/aromatic N) is 2. The molecule has 3 rings (SSSR count). The molecule has 1 saturated carbocycles. The molecule has 1 aliphatic rings. The van der Waals surface area contributed by atoms with Crippen molar-refractivity contribution in [3.8, 4) is 0 Å². The summed E-state index contributed by atoms with van der Waals surface area (Å²) in [4.78, 5) is 11.5. The zero-order chi connectivity index (χ0) is 14.1. The van der Waals surface area contributed by atoms with Gasteiger partial charge in [-0.3, -0.25) is 0 Å². The highest BCUT2D eigenvalue weighted by molar-refractivity contribution is 7.18. The quantitative estimate of drug-likeness (QED) is 0.790. The fraction of sp³-hybridized carbons (Fsp3) is 0.571. The van der Waals surface area contributed by atoms with Crippen molar-refractivity contribution in [1.82, 2.24) is 9.97 Å². The summed E-state index contributed by atoms with van der Waals surface area (Å²) in [5.74, 6) is 1.56. The summed E-state index contributed by atoms with van der Waals surface area (Å²) in [6.07, 6.45) is 2.45. The molecule has 1 aliphatic carbocycles. The minimum atomic E-state index is -0.160. The van der Waals surface area contributed by atoms with Crippen LogP contribution in [0.2, 0.25) is 0 Å². The highest BCUT2D eigenvalue weighted by atomic mass is 32.1. The molecule has 0 bridgehead atoms. The van der Waals surface area contributed by atoms with Gasteiger partial charge < -0.3 is 15.7 Å². The molecule has 0 radical (unpaired) electrons. The lowest BCUT2D eigenvalue weighted by atomic mass is 9.89. The van der Waals surface area contributed by atoms with Gasteiger partial charge in [0.15, 0.2) is 0 Å². The summed E-state index contributed by atoms with van der Waals surface area (Å²) < 4.78 is 0. The topological polar surface area (TPSA) is 70.1 Å². The molecule has 2 aromatic rings. The first-order valence-electron chi connectivity index (χ1n) is 7.18. The van der Waals surface area contributed by atoms with Gasteiger partial charge in [0, 0.05) is 17.5 Å². The first-order chi connectivity index (χ1) is 9.69. The van der Waals surface area contributed by atoms with Crippen LogP contribution < -0.4 is 10.6 Å². The maximum atomic E-state index is 9.41. The SMILES string of the molecule is CCNc1nc(NC2CC(O)C2)c2cc(CC)sc2n1. The first kappa shape index (κ1) is 13.6. The highest BCUT2D eigenvalue weighted by Gasteiger charge is 2.28. The Kier molecular flexibility index (Phi) is 3.76. The molecule has 5 nitrogen and oxygen atoms in total. The van der Waals surface area contributed by atoms with Crippen LogP contribution in [0.5, 0.6) is 0 Å². The van der Waals surface area contributed by atoms with E-state index >= 15 is 0 Å². The summed E-state index contributed by atoms with van der Waals surface area (Å²) in [5.41, 5.74) is 0. The Bertz CT molecular complexity index is 606. The summed E-state index contributed by atoms with van der Waals surface area (Å²) in [7, 11) is 0. The molecule has 108 valence electrons. The molecular weight excluding hydrogens is 272 g/mol. The van der Waals surface area contributed by atoms with Crippen LogP contribution in [0.25, 0.3) is 10.2 Å². The van der Waals surface area contributed by atoms with Crippen LogP contribution in [0.3, 0.4) is 0 Å². The van der Waals surface area contributed by atoms with Crippen molar-refractivity contribution in [2.45, 2.75) is 45.3 Å². The Labute approximate surface area is 122 Å². The lowest BCUT2D eigenvalue weighted by Crippen LogP contribution is -2.39. The lowest BCUT2D eigenvalue weighted by molar-refractivity contribution is 0.0836. The molecule has 0 aliphatic heterocycles. The van der Waals surface area contributed by atoms with Gasteiger partial charge in [0.05, 0.1) is 11.5 Å². The fourth-order valence-electron chi connectivity index (χ4n) is 2.39. The second kappa shape index (κ2) is 5.54. The van der Waals surface area contributed by atoms with Gasteiger partial charge in [-0.2, -0.15) is 4.98 Å². The van der Waals surface area contributed by atoms with Crippen molar-refractivity contribution < 1.29 is 5.11 Å². The van der Waals surface area contributed by atoms with E-state index in [0.717, 1.165) is 41.8 Å². The molecule has 0 atom stereocenters. The van der Waals surface area contributed by atoms with Crippen LogP contribution in [-0.4, -0.2) is 33.8 Å².